The van der Waals surface area contributed by atoms with Crippen LogP contribution in [0.2, 0.25) is 0 Å². The summed E-state index contributed by atoms with van der Waals surface area (Å²) in [6.07, 6.45) is 0.553. The predicted octanol–water partition coefficient (Wildman–Crippen LogP) is 2.37. The summed E-state index contributed by atoms with van der Waals surface area (Å²) in [5.41, 5.74) is -1.55. The molecule has 104 valence electrons. The molecule has 0 aliphatic rings. The third-order valence-corrected chi connectivity index (χ3v) is 3.33. The van der Waals surface area contributed by atoms with Crippen LogP contribution in [0.25, 0.3) is 0 Å². The first-order valence-electron chi connectivity index (χ1n) is 5.82. The molecule has 19 heavy (non-hydrogen) atoms. The van der Waals surface area contributed by atoms with Gasteiger partial charge < -0.3 is 10.4 Å². The zero-order chi connectivity index (χ0) is 14.8. The van der Waals surface area contributed by atoms with Gasteiger partial charge in [0.2, 0.25) is 0 Å². The molecule has 0 fully saturated rings. The maximum absolute atomic E-state index is 11.0. The number of nitro groups is 1. The van der Waals surface area contributed by atoms with Gasteiger partial charge >= 0.3 is 0 Å². The van der Waals surface area contributed by atoms with Crippen molar-refractivity contribution in [3.8, 4) is 0 Å². The maximum atomic E-state index is 11.0. The van der Waals surface area contributed by atoms with Crippen LogP contribution in [0.4, 0.5) is 11.4 Å². The van der Waals surface area contributed by atoms with E-state index in [1.165, 1.54) is 18.2 Å². The second-order valence-corrected chi connectivity index (χ2v) is 5.46. The molecule has 0 bridgehead atoms. The van der Waals surface area contributed by atoms with Gasteiger partial charge in [-0.25, -0.2) is 0 Å². The van der Waals surface area contributed by atoms with Crippen molar-refractivity contribution in [1.29, 1.82) is 0 Å². The third-order valence-electron chi connectivity index (χ3n) is 3.33. The minimum absolute atomic E-state index is 0.193. The number of hydrogen-bond donors (Lipinski definition) is 2. The van der Waals surface area contributed by atoms with E-state index in [1.807, 2.05) is 0 Å². The molecule has 6 nitrogen and oxygen atoms in total. The highest BCUT2D eigenvalue weighted by Crippen LogP contribution is 2.31. The van der Waals surface area contributed by atoms with E-state index < -0.39 is 16.1 Å². The first kappa shape index (κ1) is 15.1. The zero-order valence-corrected chi connectivity index (χ0v) is 11.4. The minimum Gasteiger partial charge on any atom is -0.388 e. The summed E-state index contributed by atoms with van der Waals surface area (Å²) >= 11 is 0. The fourth-order valence-electron chi connectivity index (χ4n) is 1.37. The Morgan fingerprint density at radius 1 is 1.32 bits per heavy atom. The molecule has 1 aromatic rings. The predicted molar refractivity (Wildman–Crippen MR) is 72.5 cm³/mol. The summed E-state index contributed by atoms with van der Waals surface area (Å²) in [4.78, 5) is 21.1. The Kier molecular flexibility index (Phi) is 3.95. The highest BCUT2D eigenvalue weighted by Gasteiger charge is 2.36. The molecule has 1 rings (SSSR count). The number of anilines is 1. The molecule has 0 spiro atoms. The fourth-order valence-corrected chi connectivity index (χ4v) is 1.37. The molecular weight excluding hydrogens is 248 g/mol. The van der Waals surface area contributed by atoms with Crippen molar-refractivity contribution in [2.45, 2.75) is 38.8 Å². The van der Waals surface area contributed by atoms with E-state index in [4.69, 9.17) is 0 Å². The second-order valence-electron chi connectivity index (χ2n) is 5.46. The standard InChI is InChI=1S/C13H18N2O4/c1-12(2,13(3,4)17)14-10-6-5-9(8-16)7-11(10)15(18)19/h5-8,14,17H,1-4H3. The van der Waals surface area contributed by atoms with E-state index in [-0.39, 0.29) is 16.9 Å². The second kappa shape index (κ2) is 4.97. The summed E-state index contributed by atoms with van der Waals surface area (Å²) in [6.45, 7) is 6.71. The number of aldehydes is 1. The molecule has 0 saturated carbocycles. The van der Waals surface area contributed by atoms with Crippen molar-refractivity contribution < 1.29 is 14.8 Å². The molecule has 0 saturated heterocycles. The van der Waals surface area contributed by atoms with Crippen LogP contribution in [0.15, 0.2) is 18.2 Å². The van der Waals surface area contributed by atoms with Crippen molar-refractivity contribution in [2.24, 2.45) is 0 Å². The molecule has 0 aliphatic carbocycles. The van der Waals surface area contributed by atoms with Crippen molar-refractivity contribution >= 4 is 17.7 Å². The minimum atomic E-state index is -1.08. The van der Waals surface area contributed by atoms with Crippen LogP contribution < -0.4 is 5.32 Å². The van der Waals surface area contributed by atoms with E-state index in [2.05, 4.69) is 5.32 Å². The van der Waals surface area contributed by atoms with Gasteiger partial charge in [0.25, 0.3) is 5.69 Å². The summed E-state index contributed by atoms with van der Waals surface area (Å²) in [5, 5.41) is 24.0. The van der Waals surface area contributed by atoms with Crippen molar-refractivity contribution in [2.75, 3.05) is 5.32 Å². The summed E-state index contributed by atoms with van der Waals surface area (Å²) in [6, 6.07) is 4.16. The number of nitrogens with one attached hydrogen (secondary N) is 1. The molecule has 0 amide bonds. The lowest BCUT2D eigenvalue weighted by molar-refractivity contribution is -0.384. The van der Waals surface area contributed by atoms with Gasteiger partial charge in [-0.1, -0.05) is 0 Å². The largest absolute Gasteiger partial charge is 0.388 e. The molecule has 0 unspecified atom stereocenters. The first-order chi connectivity index (χ1) is 8.58. The van der Waals surface area contributed by atoms with Crippen LogP contribution in [0.1, 0.15) is 38.1 Å². The lowest BCUT2D eigenvalue weighted by Gasteiger charge is -2.38. The van der Waals surface area contributed by atoms with Crippen LogP contribution in [0.3, 0.4) is 0 Å². The molecular formula is C13H18N2O4. The SMILES string of the molecule is CC(C)(O)C(C)(C)Nc1ccc(C=O)cc1[N+](=O)[O-]. The number of nitrogens with zero attached hydrogens (tertiary/aromatic N) is 1. The normalized spacial score (nSPS) is 12.1. The Balaban J connectivity index is 3.21. The third kappa shape index (κ3) is 3.29. The molecule has 0 aromatic heterocycles. The van der Waals surface area contributed by atoms with Gasteiger partial charge in [0.15, 0.2) is 0 Å². The highest BCUT2D eigenvalue weighted by atomic mass is 16.6. The average Bonchev–Trinajstić information content (AvgIpc) is 2.27. The fraction of sp³-hybridized carbons (Fsp3) is 0.462. The van der Waals surface area contributed by atoms with Crippen LogP contribution in [-0.2, 0) is 0 Å². The monoisotopic (exact) mass is 266 g/mol. The molecule has 0 heterocycles. The van der Waals surface area contributed by atoms with Gasteiger partial charge in [0, 0.05) is 11.6 Å². The number of nitro benzene ring substituents is 1. The molecule has 6 heteroatoms. The van der Waals surface area contributed by atoms with Gasteiger partial charge in [-0.15, -0.1) is 0 Å². The average molecular weight is 266 g/mol. The Hall–Kier alpha value is -1.95. The number of hydrogen-bond acceptors (Lipinski definition) is 5. The number of rotatable bonds is 5. The Morgan fingerprint density at radius 2 is 1.89 bits per heavy atom. The molecule has 0 radical (unpaired) electrons. The first-order valence-corrected chi connectivity index (χ1v) is 5.82. The molecule has 2 N–H and O–H groups in total. The lowest BCUT2D eigenvalue weighted by Crippen LogP contribution is -2.51. The van der Waals surface area contributed by atoms with E-state index in [9.17, 15) is 20.0 Å². The van der Waals surface area contributed by atoms with Gasteiger partial charge in [-0.3, -0.25) is 14.9 Å². The number of aliphatic hydroxyl groups is 1. The Morgan fingerprint density at radius 3 is 2.32 bits per heavy atom. The van der Waals surface area contributed by atoms with Crippen molar-refractivity contribution in [1.82, 2.24) is 0 Å². The van der Waals surface area contributed by atoms with Crippen LogP contribution in [-0.4, -0.2) is 27.5 Å². The van der Waals surface area contributed by atoms with Gasteiger partial charge in [0.05, 0.1) is 16.1 Å². The Labute approximate surface area is 111 Å². The maximum Gasteiger partial charge on any atom is 0.293 e. The van der Waals surface area contributed by atoms with Crippen LogP contribution in [0, 0.1) is 10.1 Å². The van der Waals surface area contributed by atoms with Crippen LogP contribution >= 0.6 is 0 Å². The van der Waals surface area contributed by atoms with Crippen molar-refractivity contribution in [3.63, 3.8) is 0 Å². The Bertz CT molecular complexity index is 504. The topological polar surface area (TPSA) is 92.5 Å². The summed E-state index contributed by atoms with van der Waals surface area (Å²) < 4.78 is 0. The molecule has 0 atom stereocenters. The molecule has 0 aliphatic heterocycles. The van der Waals surface area contributed by atoms with Gasteiger partial charge in [-0.2, -0.15) is 0 Å². The number of carbonyl (C=O) groups is 1. The molecule has 1 aromatic carbocycles. The van der Waals surface area contributed by atoms with Gasteiger partial charge in [0.1, 0.15) is 12.0 Å². The van der Waals surface area contributed by atoms with E-state index in [1.54, 1.807) is 27.7 Å². The van der Waals surface area contributed by atoms with E-state index in [0.717, 1.165) is 0 Å². The summed E-state index contributed by atoms with van der Waals surface area (Å²) in [7, 11) is 0. The van der Waals surface area contributed by atoms with Crippen molar-refractivity contribution in [3.05, 3.63) is 33.9 Å². The summed E-state index contributed by atoms with van der Waals surface area (Å²) in [5.74, 6) is 0. The van der Waals surface area contributed by atoms with Gasteiger partial charge in [-0.05, 0) is 39.8 Å². The quantitative estimate of drug-likeness (QED) is 0.485. The van der Waals surface area contributed by atoms with Crippen LogP contribution in [0.5, 0.6) is 0 Å². The number of benzene rings is 1. The highest BCUT2D eigenvalue weighted by molar-refractivity contribution is 5.79. The smallest absolute Gasteiger partial charge is 0.293 e. The van der Waals surface area contributed by atoms with E-state index >= 15 is 0 Å². The zero-order valence-electron chi connectivity index (χ0n) is 11.4. The number of carbonyl (C=O) groups excluding carboxylic acids is 1. The van der Waals surface area contributed by atoms with E-state index in [0.29, 0.717) is 6.29 Å². The lowest BCUT2D eigenvalue weighted by atomic mass is 9.85.